The quantitative estimate of drug-likeness (QED) is 0.566. The van der Waals surface area contributed by atoms with Crippen LogP contribution >= 0.6 is 11.6 Å². The van der Waals surface area contributed by atoms with Gasteiger partial charge in [0.2, 0.25) is 5.78 Å². The van der Waals surface area contributed by atoms with Crippen molar-refractivity contribution in [2.75, 3.05) is 11.5 Å². The number of carbonyl (C=O) groups is 1. The lowest BCUT2D eigenvalue weighted by atomic mass is 10.1. The molecule has 0 aliphatic heterocycles. The normalized spacial score (nSPS) is 10.5. The lowest BCUT2D eigenvalue weighted by molar-refractivity contribution is 0.103. The molecule has 4 N–H and O–H groups in total. The molecule has 0 radical (unpaired) electrons. The van der Waals surface area contributed by atoms with E-state index in [-0.39, 0.29) is 17.3 Å². The van der Waals surface area contributed by atoms with Gasteiger partial charge in [-0.2, -0.15) is 0 Å². The molecule has 3 rings (SSSR count). The third-order valence-electron chi connectivity index (χ3n) is 3.23. The molecule has 0 aliphatic rings. The largest absolute Gasteiger partial charge is 0.398 e. The topological polar surface area (TPSA) is 108 Å². The zero-order valence-corrected chi connectivity index (χ0v) is 12.7. The minimum Gasteiger partial charge on any atom is -0.398 e. The molecular formula is C16H12ClN5O. The third kappa shape index (κ3) is 2.97. The lowest BCUT2D eigenvalue weighted by Crippen LogP contribution is -2.10. The highest BCUT2D eigenvalue weighted by atomic mass is 35.5. The molecule has 0 aliphatic carbocycles. The number of nitrogen functional groups attached to an aromatic ring is 2. The predicted octanol–water partition coefficient (Wildman–Crippen LogP) is 2.59. The van der Waals surface area contributed by atoms with Crippen molar-refractivity contribution in [3.8, 4) is 11.3 Å². The maximum Gasteiger partial charge on any atom is 0.216 e. The highest BCUT2D eigenvalue weighted by Gasteiger charge is 2.17. The summed E-state index contributed by atoms with van der Waals surface area (Å²) in [6.45, 7) is 0. The number of hydrogen-bond acceptors (Lipinski definition) is 6. The van der Waals surface area contributed by atoms with Crippen molar-refractivity contribution in [2.45, 2.75) is 0 Å². The molecule has 0 atom stereocenters. The Hall–Kier alpha value is -2.99. The summed E-state index contributed by atoms with van der Waals surface area (Å²) in [6, 6.07) is 8.38. The van der Waals surface area contributed by atoms with Gasteiger partial charge in [0.05, 0.1) is 22.6 Å². The fourth-order valence-corrected chi connectivity index (χ4v) is 2.16. The van der Waals surface area contributed by atoms with E-state index >= 15 is 0 Å². The Balaban J connectivity index is 2.06. The monoisotopic (exact) mass is 325 g/mol. The van der Waals surface area contributed by atoms with Gasteiger partial charge < -0.3 is 11.5 Å². The van der Waals surface area contributed by atoms with Crippen molar-refractivity contribution in [3.05, 3.63) is 65.2 Å². The molecule has 0 amide bonds. The van der Waals surface area contributed by atoms with E-state index in [4.69, 9.17) is 23.1 Å². The van der Waals surface area contributed by atoms with Gasteiger partial charge in [0.15, 0.2) is 11.5 Å². The standard InChI is InChI=1S/C16H12ClN5O/c17-11-4-3-9(6-12(11)18)13-8-21-16(19)14(22-13)15(23)10-2-1-5-20-7-10/h1-8H,18H2,(H2,19,21). The summed E-state index contributed by atoms with van der Waals surface area (Å²) in [5.41, 5.74) is 13.7. The highest BCUT2D eigenvalue weighted by Crippen LogP contribution is 2.26. The van der Waals surface area contributed by atoms with Gasteiger partial charge in [0, 0.05) is 23.5 Å². The third-order valence-corrected chi connectivity index (χ3v) is 3.58. The Labute approximate surface area is 137 Å². The zero-order valence-electron chi connectivity index (χ0n) is 11.9. The number of ketones is 1. The van der Waals surface area contributed by atoms with E-state index in [0.717, 1.165) is 0 Å². The molecule has 2 aromatic heterocycles. The summed E-state index contributed by atoms with van der Waals surface area (Å²) in [4.78, 5) is 24.8. The van der Waals surface area contributed by atoms with Crippen molar-refractivity contribution in [1.29, 1.82) is 0 Å². The van der Waals surface area contributed by atoms with Crippen molar-refractivity contribution < 1.29 is 4.79 Å². The first-order chi connectivity index (χ1) is 11.1. The second kappa shape index (κ2) is 6.02. The van der Waals surface area contributed by atoms with Gasteiger partial charge >= 0.3 is 0 Å². The Kier molecular flexibility index (Phi) is 3.91. The van der Waals surface area contributed by atoms with Crippen molar-refractivity contribution in [2.24, 2.45) is 0 Å². The summed E-state index contributed by atoms with van der Waals surface area (Å²) in [6.07, 6.45) is 4.52. The lowest BCUT2D eigenvalue weighted by Gasteiger charge is -2.07. The number of carbonyl (C=O) groups excluding carboxylic acids is 1. The zero-order chi connectivity index (χ0) is 16.4. The molecule has 7 heteroatoms. The van der Waals surface area contributed by atoms with E-state index in [2.05, 4.69) is 15.0 Å². The van der Waals surface area contributed by atoms with Gasteiger partial charge in [-0.15, -0.1) is 0 Å². The van der Waals surface area contributed by atoms with Crippen LogP contribution in [0.4, 0.5) is 11.5 Å². The van der Waals surface area contributed by atoms with E-state index in [9.17, 15) is 4.79 Å². The van der Waals surface area contributed by atoms with Crippen LogP contribution in [0.2, 0.25) is 5.02 Å². The van der Waals surface area contributed by atoms with E-state index in [0.29, 0.717) is 27.5 Å². The minimum atomic E-state index is -0.341. The molecular weight excluding hydrogens is 314 g/mol. The van der Waals surface area contributed by atoms with Crippen LogP contribution in [0.1, 0.15) is 16.1 Å². The number of nitrogens with two attached hydrogens (primary N) is 2. The average molecular weight is 326 g/mol. The number of benzene rings is 1. The minimum absolute atomic E-state index is 0.0598. The smallest absolute Gasteiger partial charge is 0.216 e. The SMILES string of the molecule is Nc1cc(-c2cnc(N)c(C(=O)c3cccnc3)n2)ccc1Cl. The van der Waals surface area contributed by atoms with Gasteiger partial charge in [0.1, 0.15) is 0 Å². The number of aromatic nitrogens is 3. The molecule has 23 heavy (non-hydrogen) atoms. The second-order valence-corrected chi connectivity index (χ2v) is 5.20. The maximum absolute atomic E-state index is 12.5. The molecule has 3 aromatic rings. The Morgan fingerprint density at radius 3 is 2.65 bits per heavy atom. The summed E-state index contributed by atoms with van der Waals surface area (Å²) in [7, 11) is 0. The first kappa shape index (κ1) is 14.9. The molecule has 0 saturated carbocycles. The molecule has 6 nitrogen and oxygen atoms in total. The van der Waals surface area contributed by atoms with Crippen molar-refractivity contribution in [3.63, 3.8) is 0 Å². The number of hydrogen-bond donors (Lipinski definition) is 2. The van der Waals surface area contributed by atoms with Crippen LogP contribution in [0.3, 0.4) is 0 Å². The molecule has 1 aromatic carbocycles. The fraction of sp³-hybridized carbons (Fsp3) is 0. The number of halogens is 1. The van der Waals surface area contributed by atoms with Gasteiger partial charge in [0.25, 0.3) is 0 Å². The van der Waals surface area contributed by atoms with Crippen LogP contribution in [0.5, 0.6) is 0 Å². The molecule has 2 heterocycles. The second-order valence-electron chi connectivity index (χ2n) is 4.80. The average Bonchev–Trinajstić information content (AvgIpc) is 2.58. The summed E-state index contributed by atoms with van der Waals surface area (Å²) in [5, 5.41) is 0.448. The van der Waals surface area contributed by atoms with Gasteiger partial charge in [-0.05, 0) is 24.3 Å². The molecule has 0 saturated heterocycles. The van der Waals surface area contributed by atoms with E-state index in [1.807, 2.05) is 0 Å². The van der Waals surface area contributed by atoms with Crippen molar-refractivity contribution in [1.82, 2.24) is 15.0 Å². The maximum atomic E-state index is 12.5. The Morgan fingerprint density at radius 2 is 1.96 bits per heavy atom. The molecule has 0 bridgehead atoms. The first-order valence-corrected chi connectivity index (χ1v) is 7.06. The molecule has 0 fully saturated rings. The van der Waals surface area contributed by atoms with Crippen LogP contribution in [-0.4, -0.2) is 20.7 Å². The number of anilines is 2. The summed E-state index contributed by atoms with van der Waals surface area (Å²) in [5.74, 6) is -0.281. The van der Waals surface area contributed by atoms with Gasteiger partial charge in [-0.1, -0.05) is 17.7 Å². The first-order valence-electron chi connectivity index (χ1n) is 6.69. The summed E-state index contributed by atoms with van der Waals surface area (Å²) >= 11 is 5.91. The number of nitrogens with zero attached hydrogens (tertiary/aromatic N) is 3. The molecule has 0 unspecified atom stereocenters. The van der Waals surface area contributed by atoms with E-state index < -0.39 is 0 Å². The Morgan fingerprint density at radius 1 is 1.13 bits per heavy atom. The Bertz CT molecular complexity index is 883. The highest BCUT2D eigenvalue weighted by molar-refractivity contribution is 6.33. The van der Waals surface area contributed by atoms with Crippen molar-refractivity contribution >= 4 is 28.9 Å². The van der Waals surface area contributed by atoms with Crippen LogP contribution in [0.15, 0.2) is 48.9 Å². The van der Waals surface area contributed by atoms with Gasteiger partial charge in [-0.3, -0.25) is 9.78 Å². The number of rotatable bonds is 3. The summed E-state index contributed by atoms with van der Waals surface area (Å²) < 4.78 is 0. The fourth-order valence-electron chi connectivity index (χ4n) is 2.04. The van der Waals surface area contributed by atoms with Crippen LogP contribution in [0.25, 0.3) is 11.3 Å². The van der Waals surface area contributed by atoms with Crippen LogP contribution in [-0.2, 0) is 0 Å². The van der Waals surface area contributed by atoms with Crippen LogP contribution < -0.4 is 11.5 Å². The van der Waals surface area contributed by atoms with E-state index in [1.54, 1.807) is 36.5 Å². The number of pyridine rings is 1. The van der Waals surface area contributed by atoms with Gasteiger partial charge in [-0.25, -0.2) is 9.97 Å². The predicted molar refractivity (Wildman–Crippen MR) is 89.0 cm³/mol. The molecule has 114 valence electrons. The van der Waals surface area contributed by atoms with Crippen LogP contribution in [0, 0.1) is 0 Å². The van der Waals surface area contributed by atoms with E-state index in [1.165, 1.54) is 12.4 Å². The molecule has 0 spiro atoms.